The van der Waals surface area contributed by atoms with E-state index < -0.39 is 0 Å². The fraction of sp³-hybridized carbons (Fsp3) is 0.308. The van der Waals surface area contributed by atoms with Gasteiger partial charge in [0.25, 0.3) is 0 Å². The highest BCUT2D eigenvalue weighted by Gasteiger charge is 2.10. The fourth-order valence-corrected chi connectivity index (χ4v) is 3.20. The molecule has 0 saturated heterocycles. The predicted octanol–water partition coefficient (Wildman–Crippen LogP) is 2.83. The van der Waals surface area contributed by atoms with E-state index in [1.807, 2.05) is 10.6 Å². The van der Waals surface area contributed by atoms with Crippen LogP contribution in [0.25, 0.3) is 4.96 Å². The highest BCUT2D eigenvalue weighted by molar-refractivity contribution is 7.97. The summed E-state index contributed by atoms with van der Waals surface area (Å²) in [6, 6.07) is 10.5. The van der Waals surface area contributed by atoms with Crippen molar-refractivity contribution in [3.8, 4) is 0 Å². The summed E-state index contributed by atoms with van der Waals surface area (Å²) in [4.78, 5) is 0.895. The van der Waals surface area contributed by atoms with Gasteiger partial charge in [-0.2, -0.15) is 21.4 Å². The minimum absolute atomic E-state index is 0.850. The number of aryl methyl sites for hydroxylation is 2. The molecular weight excluding hydrogens is 276 g/mol. The lowest BCUT2D eigenvalue weighted by molar-refractivity contribution is 0.828. The van der Waals surface area contributed by atoms with E-state index in [1.165, 1.54) is 5.56 Å². The summed E-state index contributed by atoms with van der Waals surface area (Å²) in [7, 11) is 0. The molecule has 2 aromatic heterocycles. The molecule has 3 aromatic rings. The topological polar surface area (TPSA) is 43.1 Å². The number of thioether (sulfide) groups is 1. The third-order valence-corrected chi connectivity index (χ3v) is 4.35. The van der Waals surface area contributed by atoms with E-state index in [0.717, 1.165) is 34.4 Å². The van der Waals surface area contributed by atoms with Gasteiger partial charge in [-0.05, 0) is 18.2 Å². The summed E-state index contributed by atoms with van der Waals surface area (Å²) >= 11 is 3.37. The molecule has 2 heterocycles. The van der Waals surface area contributed by atoms with Crippen LogP contribution < -0.4 is 0 Å². The molecule has 0 atom stereocenters. The van der Waals surface area contributed by atoms with Gasteiger partial charge in [-0.3, -0.25) is 0 Å². The van der Waals surface area contributed by atoms with Crippen LogP contribution in [0.3, 0.4) is 0 Å². The average Bonchev–Trinajstić information content (AvgIpc) is 3.00. The number of hydrogen-bond donors (Lipinski definition) is 0. The van der Waals surface area contributed by atoms with Gasteiger partial charge >= 0.3 is 0 Å². The summed E-state index contributed by atoms with van der Waals surface area (Å²) in [5.74, 6) is 1.79. The van der Waals surface area contributed by atoms with Gasteiger partial charge in [-0.1, -0.05) is 41.7 Å². The highest BCUT2D eigenvalue weighted by Crippen LogP contribution is 2.17. The Kier molecular flexibility index (Phi) is 3.79. The monoisotopic (exact) mass is 290 g/mol. The SMILES string of the molecule is CSCc1nnc2sc(CCc3ccccc3)nn12. The lowest BCUT2D eigenvalue weighted by Gasteiger charge is -1.97. The zero-order chi connectivity index (χ0) is 13.1. The normalized spacial score (nSPS) is 11.2. The van der Waals surface area contributed by atoms with Crippen LogP contribution in [0.4, 0.5) is 0 Å². The number of nitrogens with zero attached hydrogens (tertiary/aromatic N) is 4. The van der Waals surface area contributed by atoms with E-state index in [1.54, 1.807) is 23.1 Å². The fourth-order valence-electron chi connectivity index (χ4n) is 1.91. The molecule has 19 heavy (non-hydrogen) atoms. The maximum absolute atomic E-state index is 4.60. The molecule has 0 amide bonds. The second kappa shape index (κ2) is 5.71. The molecule has 0 unspecified atom stereocenters. The van der Waals surface area contributed by atoms with E-state index in [0.29, 0.717) is 0 Å². The summed E-state index contributed by atoms with van der Waals surface area (Å²) < 4.78 is 1.88. The standard InChI is InChI=1S/C13H14N4S2/c1-18-9-11-14-15-13-17(11)16-12(19-13)8-7-10-5-3-2-4-6-10/h2-6H,7-9H2,1H3. The largest absolute Gasteiger partial charge is 0.234 e. The van der Waals surface area contributed by atoms with Crippen LogP contribution in [0.1, 0.15) is 16.4 Å². The molecule has 98 valence electrons. The summed E-state index contributed by atoms with van der Waals surface area (Å²) in [6.45, 7) is 0. The van der Waals surface area contributed by atoms with Gasteiger partial charge < -0.3 is 0 Å². The third kappa shape index (κ3) is 2.79. The Labute approximate surface area is 119 Å². The minimum Gasteiger partial charge on any atom is -0.186 e. The number of benzene rings is 1. The molecular formula is C13H14N4S2. The second-order valence-electron chi connectivity index (χ2n) is 4.23. The Balaban J connectivity index is 1.75. The maximum Gasteiger partial charge on any atom is 0.234 e. The van der Waals surface area contributed by atoms with Crippen LogP contribution in [0.5, 0.6) is 0 Å². The summed E-state index contributed by atoms with van der Waals surface area (Å²) in [5.41, 5.74) is 1.35. The molecule has 3 rings (SSSR count). The molecule has 0 aliphatic carbocycles. The zero-order valence-corrected chi connectivity index (χ0v) is 12.2. The van der Waals surface area contributed by atoms with E-state index in [2.05, 4.69) is 45.8 Å². The van der Waals surface area contributed by atoms with E-state index >= 15 is 0 Å². The van der Waals surface area contributed by atoms with Crippen molar-refractivity contribution in [2.45, 2.75) is 18.6 Å². The van der Waals surface area contributed by atoms with Crippen LogP contribution in [-0.4, -0.2) is 26.1 Å². The highest BCUT2D eigenvalue weighted by atomic mass is 32.2. The Morgan fingerprint density at radius 1 is 1.16 bits per heavy atom. The van der Waals surface area contributed by atoms with E-state index in [9.17, 15) is 0 Å². The first-order valence-corrected chi connectivity index (χ1v) is 8.30. The van der Waals surface area contributed by atoms with Crippen molar-refractivity contribution in [1.82, 2.24) is 19.8 Å². The van der Waals surface area contributed by atoms with Crippen LogP contribution in [0, 0.1) is 0 Å². The first-order valence-electron chi connectivity index (χ1n) is 6.09. The number of rotatable bonds is 5. The van der Waals surface area contributed by atoms with Gasteiger partial charge in [0.1, 0.15) is 5.01 Å². The van der Waals surface area contributed by atoms with Gasteiger partial charge in [0.2, 0.25) is 4.96 Å². The minimum atomic E-state index is 0.850. The first-order chi connectivity index (χ1) is 9.36. The number of fused-ring (bicyclic) bond motifs is 1. The maximum atomic E-state index is 4.60. The van der Waals surface area contributed by atoms with Gasteiger partial charge in [0.15, 0.2) is 5.82 Å². The van der Waals surface area contributed by atoms with Gasteiger partial charge in [-0.25, -0.2) is 0 Å². The number of aromatic nitrogens is 4. The molecule has 1 aromatic carbocycles. The van der Waals surface area contributed by atoms with Crippen molar-refractivity contribution >= 4 is 28.1 Å². The molecule has 0 N–H and O–H groups in total. The van der Waals surface area contributed by atoms with Crippen LogP contribution >= 0.6 is 23.1 Å². The van der Waals surface area contributed by atoms with Crippen molar-refractivity contribution < 1.29 is 0 Å². The third-order valence-electron chi connectivity index (χ3n) is 2.84. The van der Waals surface area contributed by atoms with Crippen molar-refractivity contribution in [2.75, 3.05) is 6.26 Å². The Bertz CT molecular complexity index is 660. The molecule has 4 nitrogen and oxygen atoms in total. The van der Waals surface area contributed by atoms with E-state index in [4.69, 9.17) is 0 Å². The molecule has 0 fully saturated rings. The van der Waals surface area contributed by atoms with Gasteiger partial charge in [0.05, 0.1) is 5.75 Å². The molecule has 0 aliphatic heterocycles. The van der Waals surface area contributed by atoms with Crippen LogP contribution in [-0.2, 0) is 18.6 Å². The van der Waals surface area contributed by atoms with Crippen molar-refractivity contribution in [2.24, 2.45) is 0 Å². The smallest absolute Gasteiger partial charge is 0.186 e. The van der Waals surface area contributed by atoms with Gasteiger partial charge in [0, 0.05) is 6.42 Å². The summed E-state index contributed by atoms with van der Waals surface area (Å²) in [6.07, 6.45) is 4.03. The Morgan fingerprint density at radius 3 is 2.79 bits per heavy atom. The Morgan fingerprint density at radius 2 is 2.00 bits per heavy atom. The van der Waals surface area contributed by atoms with Crippen LogP contribution in [0.15, 0.2) is 30.3 Å². The van der Waals surface area contributed by atoms with Crippen molar-refractivity contribution in [1.29, 1.82) is 0 Å². The molecule has 0 aliphatic rings. The average molecular weight is 290 g/mol. The second-order valence-corrected chi connectivity index (χ2v) is 6.13. The molecule has 0 bridgehead atoms. The predicted molar refractivity (Wildman–Crippen MR) is 79.7 cm³/mol. The summed E-state index contributed by atoms with van der Waals surface area (Å²) in [5, 5.41) is 14.0. The molecule has 6 heteroatoms. The lowest BCUT2D eigenvalue weighted by Crippen LogP contribution is -1.96. The molecule has 0 spiro atoms. The lowest BCUT2D eigenvalue weighted by atomic mass is 10.1. The molecule has 0 radical (unpaired) electrons. The van der Waals surface area contributed by atoms with Crippen LogP contribution in [0.2, 0.25) is 0 Å². The zero-order valence-electron chi connectivity index (χ0n) is 10.6. The first kappa shape index (κ1) is 12.6. The molecule has 0 saturated carbocycles. The van der Waals surface area contributed by atoms with Crippen molar-refractivity contribution in [3.05, 3.63) is 46.7 Å². The van der Waals surface area contributed by atoms with E-state index in [-0.39, 0.29) is 0 Å². The quantitative estimate of drug-likeness (QED) is 0.724. The van der Waals surface area contributed by atoms with Gasteiger partial charge in [-0.15, -0.1) is 10.2 Å². The number of hydrogen-bond acceptors (Lipinski definition) is 5. The Hall–Kier alpha value is -1.40. The van der Waals surface area contributed by atoms with Crippen molar-refractivity contribution in [3.63, 3.8) is 0 Å².